The van der Waals surface area contributed by atoms with Crippen LogP contribution in [0.1, 0.15) is 37.8 Å². The molecule has 6 nitrogen and oxygen atoms in total. The number of amides is 1. The molecule has 8 heteroatoms. The Morgan fingerprint density at radius 1 is 1.33 bits per heavy atom. The van der Waals surface area contributed by atoms with E-state index in [2.05, 4.69) is 10.2 Å². The Bertz CT molecular complexity index is 845. The van der Waals surface area contributed by atoms with Gasteiger partial charge in [0.1, 0.15) is 17.2 Å². The molecule has 3 rings (SSSR count). The second-order valence-electron chi connectivity index (χ2n) is 7.37. The molecule has 1 aliphatic heterocycles. The number of carbonyl (C=O) groups excluding carboxylic acids is 2. The van der Waals surface area contributed by atoms with Crippen molar-refractivity contribution in [1.29, 1.82) is 0 Å². The second-order valence-corrected chi connectivity index (χ2v) is 10.0. The SMILES string of the molecule is Cc1nnc(S[C@@H]2CCc3ccccc3N(CC(=O)OC(C)(C)C)C2=O)s1. The van der Waals surface area contributed by atoms with Crippen LogP contribution >= 0.6 is 23.1 Å². The minimum absolute atomic E-state index is 0.0938. The van der Waals surface area contributed by atoms with Crippen molar-refractivity contribution < 1.29 is 14.3 Å². The van der Waals surface area contributed by atoms with Crippen molar-refractivity contribution in [3.05, 3.63) is 34.8 Å². The fraction of sp³-hybridized carbons (Fsp3) is 0.474. The summed E-state index contributed by atoms with van der Waals surface area (Å²) in [7, 11) is 0. The van der Waals surface area contributed by atoms with Crippen LogP contribution in [0.25, 0.3) is 0 Å². The van der Waals surface area contributed by atoms with Gasteiger partial charge in [0, 0.05) is 5.69 Å². The highest BCUT2D eigenvalue weighted by molar-refractivity contribution is 8.02. The Labute approximate surface area is 167 Å². The van der Waals surface area contributed by atoms with E-state index in [1.165, 1.54) is 23.1 Å². The Morgan fingerprint density at radius 3 is 2.74 bits per heavy atom. The number of anilines is 1. The molecule has 0 saturated carbocycles. The van der Waals surface area contributed by atoms with Gasteiger partial charge in [0.05, 0.1) is 5.25 Å². The Hall–Kier alpha value is -1.93. The molecule has 2 aromatic rings. The third kappa shape index (κ3) is 5.07. The van der Waals surface area contributed by atoms with Gasteiger partial charge in [-0.15, -0.1) is 10.2 Å². The summed E-state index contributed by atoms with van der Waals surface area (Å²) in [6, 6.07) is 7.74. The van der Waals surface area contributed by atoms with E-state index in [0.29, 0.717) is 6.42 Å². The fourth-order valence-electron chi connectivity index (χ4n) is 2.91. The predicted octanol–water partition coefficient (Wildman–Crippen LogP) is 3.63. The lowest BCUT2D eigenvalue weighted by Gasteiger charge is -2.27. The number of benzene rings is 1. The molecule has 144 valence electrons. The zero-order valence-electron chi connectivity index (χ0n) is 15.9. The molecule has 0 saturated heterocycles. The van der Waals surface area contributed by atoms with Gasteiger partial charge in [-0.1, -0.05) is 41.3 Å². The number of aryl methyl sites for hydroxylation is 2. The third-order valence-corrected chi connectivity index (χ3v) is 6.13. The van der Waals surface area contributed by atoms with Crippen molar-refractivity contribution in [3.63, 3.8) is 0 Å². The molecule has 2 heterocycles. The molecule has 0 radical (unpaired) electrons. The number of aromatic nitrogens is 2. The molecule has 1 aromatic carbocycles. The summed E-state index contributed by atoms with van der Waals surface area (Å²) < 4.78 is 6.21. The van der Waals surface area contributed by atoms with Crippen LogP contribution in [0, 0.1) is 6.92 Å². The highest BCUT2D eigenvalue weighted by atomic mass is 32.2. The van der Waals surface area contributed by atoms with Crippen LogP contribution in [0.4, 0.5) is 5.69 Å². The minimum Gasteiger partial charge on any atom is -0.459 e. The number of hydrogen-bond acceptors (Lipinski definition) is 7. The summed E-state index contributed by atoms with van der Waals surface area (Å²) in [4.78, 5) is 27.3. The maximum Gasteiger partial charge on any atom is 0.326 e. The second kappa shape index (κ2) is 7.98. The first-order valence-corrected chi connectivity index (χ1v) is 10.5. The monoisotopic (exact) mass is 405 g/mol. The normalized spacial score (nSPS) is 17.4. The maximum absolute atomic E-state index is 13.3. The van der Waals surface area contributed by atoms with Gasteiger partial charge in [-0.3, -0.25) is 14.5 Å². The first kappa shape index (κ1) is 19.8. The number of hydrogen-bond donors (Lipinski definition) is 0. The number of fused-ring (bicyclic) bond motifs is 1. The van der Waals surface area contributed by atoms with Crippen LogP contribution in [0.2, 0.25) is 0 Å². The lowest BCUT2D eigenvalue weighted by atomic mass is 10.1. The van der Waals surface area contributed by atoms with E-state index in [4.69, 9.17) is 4.74 Å². The van der Waals surface area contributed by atoms with Crippen LogP contribution in [-0.2, 0) is 20.7 Å². The van der Waals surface area contributed by atoms with E-state index < -0.39 is 11.6 Å². The first-order chi connectivity index (χ1) is 12.7. The van der Waals surface area contributed by atoms with Crippen molar-refractivity contribution in [2.75, 3.05) is 11.4 Å². The summed E-state index contributed by atoms with van der Waals surface area (Å²) >= 11 is 2.90. The molecule has 1 amide bonds. The number of para-hydroxylation sites is 1. The summed E-state index contributed by atoms with van der Waals surface area (Å²) in [5.74, 6) is -0.508. The summed E-state index contributed by atoms with van der Waals surface area (Å²) in [6.07, 6.45) is 1.45. The van der Waals surface area contributed by atoms with E-state index in [9.17, 15) is 9.59 Å². The fourth-order valence-corrected chi connectivity index (χ4v) is 5.03. The molecule has 1 atom stereocenters. The van der Waals surface area contributed by atoms with E-state index >= 15 is 0 Å². The number of thioether (sulfide) groups is 1. The topological polar surface area (TPSA) is 72.4 Å². The highest BCUT2D eigenvalue weighted by Gasteiger charge is 2.33. The Morgan fingerprint density at radius 2 is 2.07 bits per heavy atom. The minimum atomic E-state index is -0.594. The molecule has 0 aliphatic carbocycles. The Kier molecular flexibility index (Phi) is 5.86. The standard InChI is InChI=1S/C19H23N3O3S2/c1-12-20-21-18(26-12)27-15-10-9-13-7-5-6-8-14(13)22(17(15)24)11-16(23)25-19(2,3)4/h5-8,15H,9-11H2,1-4H3/t15-/m1/s1. The number of ether oxygens (including phenoxy) is 1. The van der Waals surface area contributed by atoms with Gasteiger partial charge >= 0.3 is 5.97 Å². The Balaban J connectivity index is 1.86. The number of carbonyl (C=O) groups is 2. The van der Waals surface area contributed by atoms with Crippen molar-refractivity contribution in [2.45, 2.75) is 55.7 Å². The largest absolute Gasteiger partial charge is 0.459 e. The van der Waals surface area contributed by atoms with Crippen LogP contribution in [0.5, 0.6) is 0 Å². The van der Waals surface area contributed by atoms with Crippen molar-refractivity contribution >= 4 is 40.7 Å². The van der Waals surface area contributed by atoms with Crippen molar-refractivity contribution in [2.24, 2.45) is 0 Å². The van der Waals surface area contributed by atoms with Gasteiger partial charge in [-0.2, -0.15) is 0 Å². The molecule has 0 bridgehead atoms. The zero-order chi connectivity index (χ0) is 19.6. The van der Waals surface area contributed by atoms with E-state index in [1.807, 2.05) is 52.0 Å². The average molecular weight is 406 g/mol. The van der Waals surface area contributed by atoms with Crippen LogP contribution in [0.3, 0.4) is 0 Å². The molecular weight excluding hydrogens is 382 g/mol. The van der Waals surface area contributed by atoms with Crippen molar-refractivity contribution in [1.82, 2.24) is 10.2 Å². The summed E-state index contributed by atoms with van der Waals surface area (Å²) in [6.45, 7) is 7.25. The molecule has 1 aliphatic rings. The summed E-state index contributed by atoms with van der Waals surface area (Å²) in [5.41, 5.74) is 1.25. The van der Waals surface area contributed by atoms with Crippen LogP contribution < -0.4 is 4.90 Å². The van der Waals surface area contributed by atoms with Gasteiger partial charge in [-0.05, 0) is 52.2 Å². The predicted molar refractivity (Wildman–Crippen MR) is 107 cm³/mol. The lowest BCUT2D eigenvalue weighted by Crippen LogP contribution is -2.42. The average Bonchev–Trinajstić information content (AvgIpc) is 2.94. The molecule has 0 spiro atoms. The highest BCUT2D eigenvalue weighted by Crippen LogP contribution is 2.35. The van der Waals surface area contributed by atoms with Crippen molar-refractivity contribution in [3.8, 4) is 0 Å². The number of esters is 1. The van der Waals surface area contributed by atoms with Crippen LogP contribution in [0.15, 0.2) is 28.6 Å². The van der Waals surface area contributed by atoms with E-state index in [-0.39, 0.29) is 17.7 Å². The van der Waals surface area contributed by atoms with Gasteiger partial charge in [-0.25, -0.2) is 0 Å². The molecule has 0 unspecified atom stereocenters. The van der Waals surface area contributed by atoms with Gasteiger partial charge in [0.15, 0.2) is 4.34 Å². The third-order valence-electron chi connectivity index (χ3n) is 3.96. The zero-order valence-corrected chi connectivity index (χ0v) is 17.5. The maximum atomic E-state index is 13.3. The van der Waals surface area contributed by atoms with Gasteiger partial charge < -0.3 is 4.74 Å². The smallest absolute Gasteiger partial charge is 0.326 e. The molecule has 1 aromatic heterocycles. The van der Waals surface area contributed by atoms with Crippen LogP contribution in [-0.4, -0.2) is 39.5 Å². The van der Waals surface area contributed by atoms with E-state index in [1.54, 1.807) is 4.90 Å². The molecule has 0 N–H and O–H groups in total. The number of nitrogens with zero attached hydrogens (tertiary/aromatic N) is 3. The lowest BCUT2D eigenvalue weighted by molar-refractivity contribution is -0.153. The van der Waals surface area contributed by atoms with E-state index in [0.717, 1.165) is 27.0 Å². The number of rotatable bonds is 4. The molecule has 27 heavy (non-hydrogen) atoms. The van der Waals surface area contributed by atoms with Gasteiger partial charge in [0.2, 0.25) is 5.91 Å². The summed E-state index contributed by atoms with van der Waals surface area (Å²) in [5, 5.41) is 8.71. The first-order valence-electron chi connectivity index (χ1n) is 8.81. The van der Waals surface area contributed by atoms with Gasteiger partial charge in [0.25, 0.3) is 0 Å². The molecule has 0 fully saturated rings. The molecular formula is C19H23N3O3S2. The quantitative estimate of drug-likeness (QED) is 0.724.